The number of aromatic nitrogens is 2. The Labute approximate surface area is 670 Å². The number of fused-ring (bicyclic) bond motifs is 8. The summed E-state index contributed by atoms with van der Waals surface area (Å²) in [5.41, 5.74) is 31.5. The van der Waals surface area contributed by atoms with Gasteiger partial charge in [-0.2, -0.15) is 0 Å². The molecule has 11 aromatic rings. The molecule has 9 aromatic carbocycles. The summed E-state index contributed by atoms with van der Waals surface area (Å²) in [7, 11) is 0. The third-order valence-corrected chi connectivity index (χ3v) is 21.7. The van der Waals surface area contributed by atoms with E-state index in [4.69, 9.17) is 9.97 Å². The summed E-state index contributed by atoms with van der Waals surface area (Å²) >= 11 is 0. The van der Waals surface area contributed by atoms with E-state index in [9.17, 15) is 0 Å². The van der Waals surface area contributed by atoms with Crippen molar-refractivity contribution in [3.8, 4) is 0 Å². The van der Waals surface area contributed by atoms with Gasteiger partial charge in [0.2, 0.25) is 12.7 Å². The van der Waals surface area contributed by atoms with E-state index in [1.165, 1.54) is 134 Å². The minimum absolute atomic E-state index is 0. The second-order valence-corrected chi connectivity index (χ2v) is 36.7. The van der Waals surface area contributed by atoms with Gasteiger partial charge in [-0.15, -0.1) is 22.1 Å². The quantitative estimate of drug-likeness (QED) is 0.0694. The summed E-state index contributed by atoms with van der Waals surface area (Å²) in [5.74, 6) is 2.74. The van der Waals surface area contributed by atoms with Gasteiger partial charge in [-0.25, -0.2) is 0 Å². The molecule has 0 amide bonds. The Kier molecular flexibility index (Phi) is 25.3. The Morgan fingerprint density at radius 2 is 0.500 bits per heavy atom. The molecule has 0 saturated heterocycles. The van der Waals surface area contributed by atoms with Crippen molar-refractivity contribution in [3.63, 3.8) is 0 Å². The maximum atomic E-state index is 4.76. The van der Waals surface area contributed by atoms with Gasteiger partial charge in [-0.1, -0.05) is 352 Å². The van der Waals surface area contributed by atoms with Crippen LogP contribution in [0, 0.1) is 0 Å². The molecule has 8 heteroatoms. The van der Waals surface area contributed by atoms with Crippen LogP contribution in [0.5, 0.6) is 0 Å². The molecular formula is C98H122Au2N6-2. The molecule has 568 valence electrons. The maximum Gasteiger partial charge on any atom is 0.245 e. The molecule has 0 unspecified atom stereocenters. The number of benzene rings is 9. The first-order valence-corrected chi connectivity index (χ1v) is 39.1. The van der Waals surface area contributed by atoms with Crippen molar-refractivity contribution in [1.82, 2.24) is 9.97 Å². The molecule has 2 aliphatic heterocycles. The van der Waals surface area contributed by atoms with Crippen LogP contribution in [0.1, 0.15) is 319 Å². The van der Waals surface area contributed by atoms with E-state index in [1.807, 2.05) is 0 Å². The second kappa shape index (κ2) is 32.3. The molecule has 0 saturated carbocycles. The van der Waals surface area contributed by atoms with E-state index in [2.05, 4.69) is 383 Å². The van der Waals surface area contributed by atoms with Gasteiger partial charge in [0.05, 0.1) is 47.2 Å². The molecule has 2 aliphatic rings. The standard InChI is InChI=1S/C58H74N4.2C20H24N.2Au/c1-35(2)45-21-17-22-46(36(3)4)55(45)59-31-43-29-54-44(30-53(43)61(33-59)57-49(39(9)10)25-19-26-50(57)40(11)12)32-60(56-47(37(5)6)23-18-24-48(56)38(7)8)34-62(54)58-51(41(13)14)27-20-28-52(58)42(15)16;2*1-19(2,3)13-7-9-17-15(11-13)16-12-14(20(4,5)6)8-10-18(16)21-17;;/h17-30,35-42H,31-32H2,1-16H3;2*7-12H,1-6H3;;/q;2*-1;;. The summed E-state index contributed by atoms with van der Waals surface area (Å²) in [5, 5.41) is 5.12. The zero-order chi connectivity index (χ0) is 75.7. The average molecular weight is 1780 g/mol. The van der Waals surface area contributed by atoms with Crippen LogP contribution in [0.15, 0.2) is 158 Å². The first kappa shape index (κ1) is 83.0. The summed E-state index contributed by atoms with van der Waals surface area (Å²) in [6, 6.07) is 59.5. The predicted octanol–water partition coefficient (Wildman–Crippen LogP) is 27.6. The molecule has 0 atom stereocenters. The van der Waals surface area contributed by atoms with Crippen LogP contribution in [0.25, 0.3) is 43.6 Å². The molecule has 4 heterocycles. The van der Waals surface area contributed by atoms with E-state index in [0.29, 0.717) is 47.3 Å². The van der Waals surface area contributed by atoms with E-state index in [0.717, 1.165) is 35.2 Å². The van der Waals surface area contributed by atoms with E-state index >= 15 is 0 Å². The van der Waals surface area contributed by atoms with Gasteiger partial charge in [-0.3, -0.25) is 0 Å². The van der Waals surface area contributed by atoms with E-state index in [-0.39, 0.29) is 66.4 Å². The predicted molar refractivity (Wildman–Crippen MR) is 451 cm³/mol. The normalized spacial score (nSPS) is 13.6. The first-order valence-electron chi connectivity index (χ1n) is 39.1. The van der Waals surface area contributed by atoms with Crippen LogP contribution in [0.3, 0.4) is 0 Å². The summed E-state index contributed by atoms with van der Waals surface area (Å²) in [4.78, 5) is 14.4. The van der Waals surface area contributed by atoms with Gasteiger partial charge in [0.25, 0.3) is 0 Å². The van der Waals surface area contributed by atoms with E-state index in [1.54, 1.807) is 0 Å². The molecule has 13 rings (SSSR count). The Balaban J connectivity index is 0.000000238. The van der Waals surface area contributed by atoms with Crippen molar-refractivity contribution >= 4 is 90.4 Å². The Hall–Kier alpha value is -7.00. The zero-order valence-corrected chi connectivity index (χ0v) is 73.7. The van der Waals surface area contributed by atoms with Gasteiger partial charge in [-0.05, 0) is 168 Å². The molecule has 0 N–H and O–H groups in total. The smallest absolute Gasteiger partial charge is 0.245 e. The van der Waals surface area contributed by atoms with Crippen molar-refractivity contribution in [3.05, 3.63) is 236 Å². The van der Waals surface area contributed by atoms with Crippen molar-refractivity contribution in [1.29, 1.82) is 0 Å². The topological polar surface area (TPSA) is 40.7 Å². The maximum absolute atomic E-state index is 4.76. The van der Waals surface area contributed by atoms with Gasteiger partial charge in [0, 0.05) is 44.8 Å². The van der Waals surface area contributed by atoms with Crippen molar-refractivity contribution in [2.75, 3.05) is 9.80 Å². The van der Waals surface area contributed by atoms with Crippen molar-refractivity contribution in [2.24, 2.45) is 0 Å². The molecule has 6 nitrogen and oxygen atoms in total. The largest absolute Gasteiger partial charge is 0.657 e. The van der Waals surface area contributed by atoms with Crippen molar-refractivity contribution < 1.29 is 53.9 Å². The fraction of sp³-hybridized carbons (Fsp3) is 0.429. The summed E-state index contributed by atoms with van der Waals surface area (Å²) < 4.78 is 4.92. The zero-order valence-electron chi connectivity index (χ0n) is 69.3. The number of nitrogens with zero attached hydrogens (tertiary/aromatic N) is 6. The van der Waals surface area contributed by atoms with Crippen molar-refractivity contribution in [2.45, 2.75) is 276 Å². The fourth-order valence-corrected chi connectivity index (χ4v) is 15.4. The molecule has 0 bridgehead atoms. The minimum atomic E-state index is 0. The molecular weight excluding hydrogens is 1660 g/mol. The SMILES string of the molecule is CC(C)(C)c1ccc2[n-]c3ccc(C(C)(C)C)cc3c2c1.CC(C)(C)c1ccc2[n-]c3ccc(C(C)(C)C)cc3c2c1.CC(C)c1cccc(C(C)C)c1N1[C-]=[N+](c2c(C(C)C)cccc2C(C)C)Cc2cc3c(cc21)C[N+](c1c(C(C)C)cccc1C(C)C)=[C-]N3c1c(C(C)C)cccc1C(C)C.[Au].[Au]. The van der Waals surface area contributed by atoms with Crippen LogP contribution in [-0.2, 0) is 79.5 Å². The van der Waals surface area contributed by atoms with E-state index < -0.39 is 0 Å². The molecule has 2 radical (unpaired) electrons. The van der Waals surface area contributed by atoms with Gasteiger partial charge in [0.1, 0.15) is 0 Å². The third-order valence-electron chi connectivity index (χ3n) is 21.7. The molecule has 106 heavy (non-hydrogen) atoms. The van der Waals surface area contributed by atoms with Crippen LogP contribution in [0.4, 0.5) is 34.1 Å². The van der Waals surface area contributed by atoms with Gasteiger partial charge >= 0.3 is 0 Å². The Morgan fingerprint density at radius 1 is 0.292 bits per heavy atom. The van der Waals surface area contributed by atoms with Crippen LogP contribution in [0.2, 0.25) is 0 Å². The number of rotatable bonds is 12. The van der Waals surface area contributed by atoms with Gasteiger partial charge < -0.3 is 28.9 Å². The molecule has 0 aliphatic carbocycles. The van der Waals surface area contributed by atoms with Crippen LogP contribution >= 0.6 is 0 Å². The molecule has 0 fully saturated rings. The number of hydrogen-bond acceptors (Lipinski definition) is 2. The second-order valence-electron chi connectivity index (χ2n) is 36.7. The number of para-hydroxylation sites is 4. The van der Waals surface area contributed by atoms with Crippen LogP contribution < -0.4 is 19.8 Å². The number of anilines is 4. The molecule has 0 spiro atoms. The first-order chi connectivity index (χ1) is 48.7. The fourth-order valence-electron chi connectivity index (χ4n) is 15.4. The Morgan fingerprint density at radius 3 is 0.698 bits per heavy atom. The minimum Gasteiger partial charge on any atom is -0.657 e. The molecule has 2 aromatic heterocycles. The summed E-state index contributed by atoms with van der Waals surface area (Å²) in [6.07, 6.45) is 8.27. The Bertz CT molecular complexity index is 4490. The third kappa shape index (κ3) is 17.0. The average Bonchev–Trinajstić information content (AvgIpc) is 1.04. The number of hydrogen-bond donors (Lipinski definition) is 0. The van der Waals surface area contributed by atoms with Gasteiger partial charge in [0.15, 0.2) is 0 Å². The van der Waals surface area contributed by atoms with Crippen LogP contribution in [-0.4, -0.2) is 21.8 Å². The summed E-state index contributed by atoms with van der Waals surface area (Å²) in [6.45, 7) is 65.8. The monoisotopic (exact) mass is 1780 g/mol.